The second kappa shape index (κ2) is 6.17. The zero-order chi connectivity index (χ0) is 7.98. The van der Waals surface area contributed by atoms with Crippen LogP contribution in [0.1, 0.15) is 33.1 Å². The van der Waals surface area contributed by atoms with Crippen molar-refractivity contribution in [3.8, 4) is 0 Å². The van der Waals surface area contributed by atoms with Gasteiger partial charge in [-0.2, -0.15) is 0 Å². The zero-order valence-corrected chi connectivity index (χ0v) is 8.36. The van der Waals surface area contributed by atoms with E-state index in [1.54, 1.807) is 0 Å². The average molecular weight is 208 g/mol. The maximum absolute atomic E-state index is 11.2. The Balaban J connectivity index is 3.31. The van der Waals surface area contributed by atoms with Crippen LogP contribution in [0.4, 0.5) is 0 Å². The summed E-state index contributed by atoms with van der Waals surface area (Å²) in [6, 6.07) is 0. The molecule has 0 aliphatic rings. The van der Waals surface area contributed by atoms with Gasteiger partial charge in [0, 0.05) is 5.33 Å². The van der Waals surface area contributed by atoms with Crippen molar-refractivity contribution in [2.75, 3.05) is 5.33 Å². The van der Waals surface area contributed by atoms with Crippen LogP contribution in [0.2, 0.25) is 0 Å². The first-order valence-electron chi connectivity index (χ1n) is 3.94. The highest BCUT2D eigenvalue weighted by atomic mass is 79.9. The maximum atomic E-state index is 11.2. The number of alkyl halides is 1. The highest BCUT2D eigenvalue weighted by molar-refractivity contribution is 9.09. The molecule has 0 amide bonds. The lowest BCUT2D eigenvalue weighted by atomic mass is 9.98. The third kappa shape index (κ3) is 4.29. The number of halogens is 1. The van der Waals surface area contributed by atoms with Crippen molar-refractivity contribution in [3.05, 3.63) is 0 Å². The van der Waals surface area contributed by atoms with Crippen molar-refractivity contribution in [1.29, 1.82) is 0 Å². The van der Waals surface area contributed by atoms with Gasteiger partial charge in [-0.1, -0.05) is 36.2 Å². The van der Waals surface area contributed by atoms with Crippen LogP contribution in [0, 0.1) is 5.92 Å². The predicted octanol–water partition coefficient (Wildman–Crippen LogP) is 3.01. The fourth-order valence-corrected chi connectivity index (χ4v) is 1.15. The first-order chi connectivity index (χ1) is 4.72. The molecule has 0 fully saturated rings. The Morgan fingerprint density at radius 3 is 2.50 bits per heavy atom. The Bertz CT molecular complexity index is 75.7. The summed E-state index contributed by atoms with van der Waals surface area (Å²) in [7, 11) is 0. The van der Waals surface area contributed by atoms with E-state index in [2.05, 4.69) is 22.9 Å². The summed E-state index contributed by atoms with van der Waals surface area (Å²) in [6.07, 6.45) is 2.50. The van der Waals surface area contributed by atoms with Gasteiger partial charge in [0.15, 0.2) is 0 Å². The molecule has 0 aromatic heterocycles. The van der Waals surface area contributed by atoms with E-state index in [0.717, 1.165) is 24.6 Å². The molecule has 2 unspecified atom stereocenters. The molecule has 0 spiro atoms. The summed E-state index contributed by atoms with van der Waals surface area (Å²) in [6.45, 7) is 4.11. The summed E-state index contributed by atoms with van der Waals surface area (Å²) < 4.78 is 0. The third-order valence-corrected chi connectivity index (χ3v) is 2.46. The molecule has 0 bridgehead atoms. The fraction of sp³-hybridized carbons (Fsp3) is 1.00. The van der Waals surface area contributed by atoms with Crippen molar-refractivity contribution in [2.45, 2.75) is 39.2 Å². The van der Waals surface area contributed by atoms with Crippen LogP contribution in [-0.2, 0) is 5.11 Å². The van der Waals surface area contributed by atoms with Crippen LogP contribution in [0.5, 0.6) is 0 Å². The normalized spacial score (nSPS) is 16.8. The molecule has 0 N–H and O–H groups in total. The van der Waals surface area contributed by atoms with Crippen LogP contribution < -0.4 is 0 Å². The zero-order valence-electron chi connectivity index (χ0n) is 6.77. The highest BCUT2D eigenvalue weighted by Crippen LogP contribution is 2.13. The minimum atomic E-state index is -0.345. The first kappa shape index (κ1) is 10.4. The van der Waals surface area contributed by atoms with Gasteiger partial charge in [0.1, 0.15) is 0 Å². The Morgan fingerprint density at radius 2 is 2.10 bits per heavy atom. The molecule has 0 saturated heterocycles. The molecule has 2 heteroatoms. The van der Waals surface area contributed by atoms with E-state index in [1.807, 2.05) is 6.92 Å². The SMILES string of the molecule is CCC(C)C([O])CCCBr. The number of hydrogen-bond donors (Lipinski definition) is 0. The van der Waals surface area contributed by atoms with Crippen molar-refractivity contribution in [3.63, 3.8) is 0 Å². The van der Waals surface area contributed by atoms with Crippen LogP contribution in [0.15, 0.2) is 0 Å². The molecule has 0 aliphatic carbocycles. The lowest BCUT2D eigenvalue weighted by Crippen LogP contribution is -2.14. The van der Waals surface area contributed by atoms with Crippen molar-refractivity contribution < 1.29 is 5.11 Å². The molecule has 0 heterocycles. The van der Waals surface area contributed by atoms with Gasteiger partial charge in [-0.05, 0) is 18.8 Å². The van der Waals surface area contributed by atoms with Crippen LogP contribution in [0.3, 0.4) is 0 Å². The summed E-state index contributed by atoms with van der Waals surface area (Å²) in [4.78, 5) is 0. The van der Waals surface area contributed by atoms with Gasteiger partial charge < -0.3 is 0 Å². The minimum Gasteiger partial charge on any atom is -0.233 e. The second-order valence-electron chi connectivity index (χ2n) is 2.76. The molecule has 61 valence electrons. The molecule has 0 aliphatic heterocycles. The summed E-state index contributed by atoms with van der Waals surface area (Å²) in [5.74, 6) is 0.346. The van der Waals surface area contributed by atoms with E-state index in [4.69, 9.17) is 0 Å². The van der Waals surface area contributed by atoms with Crippen LogP contribution >= 0.6 is 15.9 Å². The molecule has 10 heavy (non-hydrogen) atoms. The Hall–Kier alpha value is 0.440. The van der Waals surface area contributed by atoms with E-state index < -0.39 is 0 Å². The van der Waals surface area contributed by atoms with E-state index in [1.165, 1.54) is 0 Å². The van der Waals surface area contributed by atoms with Gasteiger partial charge in [0.25, 0.3) is 0 Å². The molecule has 0 saturated carbocycles. The number of hydrogen-bond acceptors (Lipinski definition) is 0. The Kier molecular flexibility index (Phi) is 6.44. The van der Waals surface area contributed by atoms with Gasteiger partial charge in [-0.25, -0.2) is 5.11 Å². The standard InChI is InChI=1S/C8H16BrO/c1-3-7(2)8(10)5-4-6-9/h7-8H,3-6H2,1-2H3. The molecule has 0 aromatic rings. The fourth-order valence-electron chi connectivity index (χ4n) is 0.826. The summed E-state index contributed by atoms with van der Waals surface area (Å²) in [5.41, 5.74) is 0. The third-order valence-electron chi connectivity index (χ3n) is 1.90. The Labute approximate surface area is 72.0 Å². The average Bonchev–Trinajstić information content (AvgIpc) is 1.98. The van der Waals surface area contributed by atoms with Crippen LogP contribution in [-0.4, -0.2) is 11.4 Å². The molecule has 1 radical (unpaired) electrons. The summed E-state index contributed by atoms with van der Waals surface area (Å²) >= 11 is 3.31. The van der Waals surface area contributed by atoms with E-state index in [-0.39, 0.29) is 6.10 Å². The molecular formula is C8H16BrO. The van der Waals surface area contributed by atoms with Crippen molar-refractivity contribution in [1.82, 2.24) is 0 Å². The maximum Gasteiger partial charge on any atom is 0.0955 e. The highest BCUT2D eigenvalue weighted by Gasteiger charge is 2.12. The van der Waals surface area contributed by atoms with E-state index >= 15 is 0 Å². The second-order valence-corrected chi connectivity index (χ2v) is 3.55. The molecule has 1 nitrogen and oxygen atoms in total. The van der Waals surface area contributed by atoms with E-state index in [0.29, 0.717) is 5.92 Å². The minimum absolute atomic E-state index is 0.345. The van der Waals surface area contributed by atoms with Gasteiger partial charge in [-0.15, -0.1) is 0 Å². The van der Waals surface area contributed by atoms with Gasteiger partial charge >= 0.3 is 0 Å². The molecule has 0 aromatic carbocycles. The smallest absolute Gasteiger partial charge is 0.0955 e. The Morgan fingerprint density at radius 1 is 1.50 bits per heavy atom. The summed E-state index contributed by atoms with van der Waals surface area (Å²) in [5, 5.41) is 12.2. The quantitative estimate of drug-likeness (QED) is 0.619. The van der Waals surface area contributed by atoms with Gasteiger partial charge in [0.05, 0.1) is 6.10 Å². The van der Waals surface area contributed by atoms with Crippen molar-refractivity contribution >= 4 is 15.9 Å². The van der Waals surface area contributed by atoms with E-state index in [9.17, 15) is 5.11 Å². The number of rotatable bonds is 5. The molecular weight excluding hydrogens is 192 g/mol. The monoisotopic (exact) mass is 207 g/mol. The van der Waals surface area contributed by atoms with Gasteiger partial charge in [-0.3, -0.25) is 0 Å². The largest absolute Gasteiger partial charge is 0.233 e. The topological polar surface area (TPSA) is 19.9 Å². The molecule has 0 rings (SSSR count). The van der Waals surface area contributed by atoms with Crippen molar-refractivity contribution in [2.24, 2.45) is 5.92 Å². The van der Waals surface area contributed by atoms with Gasteiger partial charge in [0.2, 0.25) is 0 Å². The lowest BCUT2D eigenvalue weighted by molar-refractivity contribution is 0.0346. The predicted molar refractivity (Wildman–Crippen MR) is 47.0 cm³/mol. The lowest BCUT2D eigenvalue weighted by Gasteiger charge is -2.13. The van der Waals surface area contributed by atoms with Crippen LogP contribution in [0.25, 0.3) is 0 Å². The molecule has 2 atom stereocenters. The first-order valence-corrected chi connectivity index (χ1v) is 5.06.